The van der Waals surface area contributed by atoms with Gasteiger partial charge in [0.25, 0.3) is 0 Å². The number of methoxy groups -OCH3 is 1. The monoisotopic (exact) mass is 188 g/mol. The molecule has 2 rings (SSSR count). The van der Waals surface area contributed by atoms with Gasteiger partial charge in [0, 0.05) is 7.11 Å². The van der Waals surface area contributed by atoms with Crippen LogP contribution in [0.1, 0.15) is 29.9 Å². The van der Waals surface area contributed by atoms with Gasteiger partial charge in [-0.2, -0.15) is 0 Å². The highest BCUT2D eigenvalue weighted by molar-refractivity contribution is 5.35. The molecule has 1 aromatic rings. The second-order valence-electron chi connectivity index (χ2n) is 3.99. The molecule has 0 amide bonds. The molecule has 74 valence electrons. The van der Waals surface area contributed by atoms with Gasteiger partial charge >= 0.3 is 0 Å². The lowest BCUT2D eigenvalue weighted by Gasteiger charge is -2.30. The van der Waals surface area contributed by atoms with Crippen molar-refractivity contribution in [2.45, 2.75) is 25.4 Å². The van der Waals surface area contributed by atoms with E-state index in [-0.39, 0.29) is 0 Å². The number of ether oxygens (including phenoxy) is 1. The molecule has 1 nitrogen and oxygen atoms in total. The van der Waals surface area contributed by atoms with Gasteiger partial charge in [0.1, 0.15) is 0 Å². The van der Waals surface area contributed by atoms with Crippen LogP contribution < -0.4 is 0 Å². The molecule has 1 aliphatic carbocycles. The van der Waals surface area contributed by atoms with E-state index in [0.717, 1.165) is 19.4 Å². The highest BCUT2D eigenvalue weighted by atomic mass is 16.5. The molecule has 0 aromatic heterocycles. The van der Waals surface area contributed by atoms with Gasteiger partial charge in [-0.05, 0) is 29.9 Å². The molecule has 1 aromatic carbocycles. The van der Waals surface area contributed by atoms with Gasteiger partial charge in [0.15, 0.2) is 0 Å². The van der Waals surface area contributed by atoms with E-state index in [1.54, 1.807) is 7.11 Å². The minimum atomic E-state index is 0.689. The van der Waals surface area contributed by atoms with Crippen LogP contribution in [0, 0.1) is 0 Å². The topological polar surface area (TPSA) is 9.23 Å². The fourth-order valence-corrected chi connectivity index (χ4v) is 2.08. The van der Waals surface area contributed by atoms with E-state index in [1.807, 2.05) is 0 Å². The van der Waals surface area contributed by atoms with E-state index in [2.05, 4.69) is 30.8 Å². The average Bonchev–Trinajstić information content (AvgIpc) is 2.15. The Labute approximate surface area is 85.4 Å². The summed E-state index contributed by atoms with van der Waals surface area (Å²) in [5.41, 5.74) is 4.15. The average molecular weight is 188 g/mol. The van der Waals surface area contributed by atoms with Crippen LogP contribution in [0.15, 0.2) is 36.4 Å². The van der Waals surface area contributed by atoms with Crippen LogP contribution in [-0.4, -0.2) is 7.11 Å². The van der Waals surface area contributed by atoms with Crippen LogP contribution in [0.5, 0.6) is 0 Å². The van der Waals surface area contributed by atoms with Crippen LogP contribution in [0.4, 0.5) is 0 Å². The van der Waals surface area contributed by atoms with Gasteiger partial charge in [-0.3, -0.25) is 0 Å². The Bertz CT molecular complexity index is 333. The molecule has 0 saturated heterocycles. The molecule has 0 bridgehead atoms. The van der Waals surface area contributed by atoms with Crippen molar-refractivity contribution in [1.82, 2.24) is 0 Å². The van der Waals surface area contributed by atoms with Gasteiger partial charge in [-0.25, -0.2) is 0 Å². The molecule has 0 radical (unpaired) electrons. The predicted molar refractivity (Wildman–Crippen MR) is 58.3 cm³/mol. The minimum absolute atomic E-state index is 0.689. The molecule has 1 aliphatic rings. The molecule has 1 fully saturated rings. The smallest absolute Gasteiger partial charge is 0.0715 e. The van der Waals surface area contributed by atoms with Crippen molar-refractivity contribution in [2.75, 3.05) is 7.11 Å². The molecule has 14 heavy (non-hydrogen) atoms. The molecule has 0 heterocycles. The first-order valence-electron chi connectivity index (χ1n) is 5.04. The molecule has 0 aliphatic heterocycles. The van der Waals surface area contributed by atoms with Gasteiger partial charge in [-0.15, -0.1) is 0 Å². The zero-order valence-electron chi connectivity index (χ0n) is 8.62. The molecule has 0 N–H and O–H groups in total. The summed E-state index contributed by atoms with van der Waals surface area (Å²) in [6.07, 6.45) is 2.31. The largest absolute Gasteiger partial charge is 0.380 e. The Morgan fingerprint density at radius 2 is 2.07 bits per heavy atom. The summed E-state index contributed by atoms with van der Waals surface area (Å²) in [7, 11) is 1.75. The third-order valence-electron chi connectivity index (χ3n) is 2.86. The first kappa shape index (κ1) is 9.47. The molecule has 0 spiro atoms. The van der Waals surface area contributed by atoms with Crippen LogP contribution in [0.3, 0.4) is 0 Å². The fraction of sp³-hybridized carbons (Fsp3) is 0.385. The summed E-state index contributed by atoms with van der Waals surface area (Å²) in [5.74, 6) is 0.689. The number of hydrogen-bond donors (Lipinski definition) is 0. The van der Waals surface area contributed by atoms with E-state index >= 15 is 0 Å². The van der Waals surface area contributed by atoms with Gasteiger partial charge in [0.2, 0.25) is 0 Å². The number of benzene rings is 1. The summed E-state index contributed by atoms with van der Waals surface area (Å²) >= 11 is 0. The number of rotatable bonds is 3. The fourth-order valence-electron chi connectivity index (χ4n) is 2.08. The quantitative estimate of drug-likeness (QED) is 0.661. The summed E-state index contributed by atoms with van der Waals surface area (Å²) < 4.78 is 5.19. The standard InChI is InChI=1S/C13H16O/c1-10-7-12(8-10)13-6-4-3-5-11(13)9-14-2/h3-6,12H,1,7-9H2,2H3. The molecule has 0 atom stereocenters. The maximum atomic E-state index is 5.19. The van der Waals surface area contributed by atoms with Crippen LogP contribution >= 0.6 is 0 Å². The van der Waals surface area contributed by atoms with Gasteiger partial charge in [0.05, 0.1) is 6.61 Å². The summed E-state index contributed by atoms with van der Waals surface area (Å²) in [6.45, 7) is 4.70. The van der Waals surface area contributed by atoms with Crippen LogP contribution in [0.2, 0.25) is 0 Å². The summed E-state index contributed by atoms with van der Waals surface area (Å²) in [4.78, 5) is 0. The zero-order chi connectivity index (χ0) is 9.97. The SMILES string of the molecule is C=C1CC(c2ccccc2COC)C1. The highest BCUT2D eigenvalue weighted by Gasteiger charge is 2.24. The lowest BCUT2D eigenvalue weighted by Crippen LogP contribution is -2.13. The molecular weight excluding hydrogens is 172 g/mol. The van der Waals surface area contributed by atoms with Crippen molar-refractivity contribution in [3.63, 3.8) is 0 Å². The summed E-state index contributed by atoms with van der Waals surface area (Å²) in [5, 5.41) is 0. The Morgan fingerprint density at radius 1 is 1.36 bits per heavy atom. The lowest BCUT2D eigenvalue weighted by molar-refractivity contribution is 0.183. The normalized spacial score (nSPS) is 16.8. The second kappa shape index (κ2) is 3.97. The zero-order valence-corrected chi connectivity index (χ0v) is 8.62. The van der Waals surface area contributed by atoms with Gasteiger partial charge < -0.3 is 4.74 Å². The number of hydrogen-bond acceptors (Lipinski definition) is 1. The Balaban J connectivity index is 2.19. The Hall–Kier alpha value is -1.08. The van der Waals surface area contributed by atoms with E-state index in [4.69, 9.17) is 4.74 Å². The van der Waals surface area contributed by atoms with Crippen LogP contribution in [0.25, 0.3) is 0 Å². The van der Waals surface area contributed by atoms with Gasteiger partial charge in [-0.1, -0.05) is 36.4 Å². The van der Waals surface area contributed by atoms with Crippen molar-refractivity contribution in [2.24, 2.45) is 0 Å². The molecule has 1 heteroatoms. The predicted octanol–water partition coefficient (Wildman–Crippen LogP) is 3.27. The third kappa shape index (κ3) is 1.73. The third-order valence-corrected chi connectivity index (χ3v) is 2.86. The van der Waals surface area contributed by atoms with Crippen molar-refractivity contribution in [3.8, 4) is 0 Å². The molecular formula is C13H16O. The maximum Gasteiger partial charge on any atom is 0.0715 e. The van der Waals surface area contributed by atoms with Crippen molar-refractivity contribution >= 4 is 0 Å². The lowest BCUT2D eigenvalue weighted by atomic mass is 9.75. The summed E-state index contributed by atoms with van der Waals surface area (Å²) in [6, 6.07) is 8.55. The molecule has 1 saturated carbocycles. The van der Waals surface area contributed by atoms with Crippen molar-refractivity contribution in [3.05, 3.63) is 47.5 Å². The second-order valence-corrected chi connectivity index (χ2v) is 3.99. The van der Waals surface area contributed by atoms with E-state index in [9.17, 15) is 0 Å². The minimum Gasteiger partial charge on any atom is -0.380 e. The number of allylic oxidation sites excluding steroid dienone is 1. The Morgan fingerprint density at radius 3 is 2.71 bits per heavy atom. The van der Waals surface area contributed by atoms with Crippen molar-refractivity contribution in [1.29, 1.82) is 0 Å². The maximum absolute atomic E-state index is 5.19. The molecule has 0 unspecified atom stereocenters. The van der Waals surface area contributed by atoms with Crippen molar-refractivity contribution < 1.29 is 4.74 Å². The first-order valence-corrected chi connectivity index (χ1v) is 5.04. The highest BCUT2D eigenvalue weighted by Crippen LogP contribution is 2.41. The van der Waals surface area contributed by atoms with E-state index < -0.39 is 0 Å². The van der Waals surface area contributed by atoms with Crippen LogP contribution in [-0.2, 0) is 11.3 Å². The Kier molecular flexibility index (Phi) is 2.69. The van der Waals surface area contributed by atoms with E-state index in [1.165, 1.54) is 16.7 Å². The first-order chi connectivity index (χ1) is 6.81. The van der Waals surface area contributed by atoms with E-state index in [0.29, 0.717) is 5.92 Å².